The van der Waals surface area contributed by atoms with Crippen molar-refractivity contribution in [2.75, 3.05) is 39.4 Å². The fraction of sp³-hybridized carbons (Fsp3) is 0.833. The number of aryl methyl sites for hydroxylation is 1. The molecule has 0 atom stereocenters. The first kappa shape index (κ1) is 13.5. The number of nitrogens with zero attached hydrogens (tertiary/aromatic N) is 3. The van der Waals surface area contributed by atoms with E-state index in [2.05, 4.69) is 20.4 Å². The van der Waals surface area contributed by atoms with Crippen molar-refractivity contribution < 1.29 is 9.26 Å². The lowest BCUT2D eigenvalue weighted by Crippen LogP contribution is -2.43. The highest BCUT2D eigenvalue weighted by Gasteiger charge is 2.13. The van der Waals surface area contributed by atoms with Crippen LogP contribution < -0.4 is 5.32 Å². The number of hydrogen-bond acceptors (Lipinski definition) is 6. The lowest BCUT2D eigenvalue weighted by atomic mass is 10.3. The molecule has 0 amide bonds. The highest BCUT2D eigenvalue weighted by molar-refractivity contribution is 4.87. The third kappa shape index (κ3) is 4.36. The third-order valence-corrected chi connectivity index (χ3v) is 2.97. The monoisotopic (exact) mass is 254 g/mol. The van der Waals surface area contributed by atoms with Gasteiger partial charge in [-0.15, -0.1) is 0 Å². The smallest absolute Gasteiger partial charge is 0.226 e. The van der Waals surface area contributed by atoms with E-state index in [0.29, 0.717) is 0 Å². The first-order valence-corrected chi connectivity index (χ1v) is 6.70. The molecule has 1 aliphatic heterocycles. The van der Waals surface area contributed by atoms with Crippen LogP contribution in [0.5, 0.6) is 0 Å². The summed E-state index contributed by atoms with van der Waals surface area (Å²) < 4.78 is 10.5. The summed E-state index contributed by atoms with van der Waals surface area (Å²) in [6.45, 7) is 8.49. The molecule has 0 bridgehead atoms. The van der Waals surface area contributed by atoms with E-state index in [1.165, 1.54) is 0 Å². The van der Waals surface area contributed by atoms with E-state index in [0.717, 1.165) is 70.5 Å². The van der Waals surface area contributed by atoms with Gasteiger partial charge in [0.2, 0.25) is 5.89 Å². The standard InChI is InChI=1S/C12H22N4O2/c1-2-17-9-3-4-12-14-11(15-18-12)10-16-7-5-13-6-8-16/h13H,2-10H2,1H3. The average Bonchev–Trinajstić information content (AvgIpc) is 2.84. The highest BCUT2D eigenvalue weighted by Crippen LogP contribution is 2.05. The van der Waals surface area contributed by atoms with Gasteiger partial charge >= 0.3 is 0 Å². The molecule has 0 spiro atoms. The maximum atomic E-state index is 5.28. The first-order valence-electron chi connectivity index (χ1n) is 6.70. The number of hydrogen-bond donors (Lipinski definition) is 1. The van der Waals surface area contributed by atoms with Crippen molar-refractivity contribution in [3.05, 3.63) is 11.7 Å². The van der Waals surface area contributed by atoms with Crippen molar-refractivity contribution in [3.8, 4) is 0 Å². The number of rotatable bonds is 7. The van der Waals surface area contributed by atoms with Crippen LogP contribution in [0.3, 0.4) is 0 Å². The summed E-state index contributed by atoms with van der Waals surface area (Å²) in [5.41, 5.74) is 0. The van der Waals surface area contributed by atoms with Crippen molar-refractivity contribution >= 4 is 0 Å². The Kier molecular flexibility index (Phi) is 5.57. The molecule has 1 fully saturated rings. The Morgan fingerprint density at radius 2 is 2.22 bits per heavy atom. The maximum Gasteiger partial charge on any atom is 0.226 e. The van der Waals surface area contributed by atoms with Gasteiger partial charge in [-0.25, -0.2) is 0 Å². The SMILES string of the molecule is CCOCCCc1nc(CN2CCNCC2)no1. The van der Waals surface area contributed by atoms with E-state index in [1.807, 2.05) is 6.92 Å². The summed E-state index contributed by atoms with van der Waals surface area (Å²) in [5, 5.41) is 7.35. The fourth-order valence-electron chi connectivity index (χ4n) is 1.99. The van der Waals surface area contributed by atoms with Gasteiger partial charge in [0.15, 0.2) is 5.82 Å². The molecule has 0 aliphatic carbocycles. The fourth-order valence-corrected chi connectivity index (χ4v) is 1.99. The second kappa shape index (κ2) is 7.45. The van der Waals surface area contributed by atoms with Crippen LogP contribution in [0.1, 0.15) is 25.1 Å². The van der Waals surface area contributed by atoms with Gasteiger partial charge < -0.3 is 14.6 Å². The van der Waals surface area contributed by atoms with Crippen molar-refractivity contribution in [3.63, 3.8) is 0 Å². The molecule has 0 unspecified atom stereocenters. The average molecular weight is 254 g/mol. The maximum absolute atomic E-state index is 5.28. The molecule has 1 saturated heterocycles. The zero-order chi connectivity index (χ0) is 12.6. The zero-order valence-electron chi connectivity index (χ0n) is 11.0. The number of piperazine rings is 1. The molecule has 6 heteroatoms. The number of aromatic nitrogens is 2. The van der Waals surface area contributed by atoms with Crippen molar-refractivity contribution in [1.82, 2.24) is 20.4 Å². The summed E-state index contributed by atoms with van der Waals surface area (Å²) in [5.74, 6) is 1.52. The molecule has 6 nitrogen and oxygen atoms in total. The zero-order valence-corrected chi connectivity index (χ0v) is 11.0. The minimum absolute atomic E-state index is 0.722. The van der Waals surface area contributed by atoms with E-state index >= 15 is 0 Å². The summed E-state index contributed by atoms with van der Waals surface area (Å²) >= 11 is 0. The van der Waals surface area contributed by atoms with Gasteiger partial charge in [0.05, 0.1) is 6.54 Å². The van der Waals surface area contributed by atoms with Gasteiger partial charge in [-0.2, -0.15) is 4.98 Å². The molecular formula is C12H22N4O2. The first-order chi connectivity index (χ1) is 8.88. The molecule has 1 aliphatic rings. The van der Waals surface area contributed by atoms with Gasteiger partial charge in [-0.3, -0.25) is 4.90 Å². The van der Waals surface area contributed by atoms with Crippen LogP contribution in [-0.2, 0) is 17.7 Å². The second-order valence-corrected chi connectivity index (χ2v) is 4.43. The highest BCUT2D eigenvalue weighted by atomic mass is 16.5. The van der Waals surface area contributed by atoms with E-state index in [-0.39, 0.29) is 0 Å². The van der Waals surface area contributed by atoms with Gasteiger partial charge in [-0.05, 0) is 13.3 Å². The predicted molar refractivity (Wildman–Crippen MR) is 67.3 cm³/mol. The summed E-state index contributed by atoms with van der Waals surface area (Å²) in [7, 11) is 0. The quantitative estimate of drug-likeness (QED) is 0.713. The summed E-state index contributed by atoms with van der Waals surface area (Å²) in [6, 6.07) is 0. The Labute approximate surface area is 108 Å². The molecule has 2 heterocycles. The van der Waals surface area contributed by atoms with E-state index in [4.69, 9.17) is 9.26 Å². The molecule has 0 saturated carbocycles. The summed E-state index contributed by atoms with van der Waals surface area (Å²) in [4.78, 5) is 6.75. The van der Waals surface area contributed by atoms with Crippen LogP contribution >= 0.6 is 0 Å². The van der Waals surface area contributed by atoms with Crippen LogP contribution in [0.15, 0.2) is 4.52 Å². The number of nitrogens with one attached hydrogen (secondary N) is 1. The van der Waals surface area contributed by atoms with E-state index < -0.39 is 0 Å². The van der Waals surface area contributed by atoms with Crippen LogP contribution in [-0.4, -0.2) is 54.4 Å². The molecule has 102 valence electrons. The lowest BCUT2D eigenvalue weighted by molar-refractivity contribution is 0.143. The second-order valence-electron chi connectivity index (χ2n) is 4.43. The Morgan fingerprint density at radius 3 is 3.00 bits per heavy atom. The molecule has 2 rings (SSSR count). The van der Waals surface area contributed by atoms with Crippen molar-refractivity contribution in [2.45, 2.75) is 26.3 Å². The van der Waals surface area contributed by atoms with Crippen LogP contribution in [0.2, 0.25) is 0 Å². The normalized spacial score (nSPS) is 17.2. The molecule has 1 N–H and O–H groups in total. The van der Waals surface area contributed by atoms with Gasteiger partial charge in [-0.1, -0.05) is 5.16 Å². The Balaban J connectivity index is 1.71. The third-order valence-electron chi connectivity index (χ3n) is 2.97. The molecule has 0 aromatic carbocycles. The Morgan fingerprint density at radius 1 is 1.39 bits per heavy atom. The molecule has 1 aromatic heterocycles. The summed E-state index contributed by atoms with van der Waals surface area (Å²) in [6.07, 6.45) is 1.73. The minimum Gasteiger partial charge on any atom is -0.382 e. The van der Waals surface area contributed by atoms with Crippen molar-refractivity contribution in [1.29, 1.82) is 0 Å². The predicted octanol–water partition coefficient (Wildman–Crippen LogP) is 0.444. The molecule has 1 aromatic rings. The van der Waals surface area contributed by atoms with Crippen LogP contribution in [0, 0.1) is 0 Å². The minimum atomic E-state index is 0.722. The van der Waals surface area contributed by atoms with Crippen LogP contribution in [0.4, 0.5) is 0 Å². The number of ether oxygens (including phenoxy) is 1. The van der Waals surface area contributed by atoms with Crippen molar-refractivity contribution in [2.24, 2.45) is 0 Å². The van der Waals surface area contributed by atoms with E-state index in [9.17, 15) is 0 Å². The van der Waals surface area contributed by atoms with Crippen LogP contribution in [0.25, 0.3) is 0 Å². The Hall–Kier alpha value is -0.980. The largest absolute Gasteiger partial charge is 0.382 e. The van der Waals surface area contributed by atoms with E-state index in [1.54, 1.807) is 0 Å². The molecular weight excluding hydrogens is 232 g/mol. The Bertz CT molecular complexity index is 337. The lowest BCUT2D eigenvalue weighted by Gasteiger charge is -2.25. The molecule has 0 radical (unpaired) electrons. The van der Waals surface area contributed by atoms with Gasteiger partial charge in [0.1, 0.15) is 0 Å². The van der Waals surface area contributed by atoms with Gasteiger partial charge in [0.25, 0.3) is 0 Å². The topological polar surface area (TPSA) is 63.4 Å². The molecule has 18 heavy (non-hydrogen) atoms. The van der Waals surface area contributed by atoms with Gasteiger partial charge in [0, 0.05) is 45.8 Å².